The molecule has 0 aromatic carbocycles. The number of hydrazone groups is 1. The van der Waals surface area contributed by atoms with Crippen LogP contribution in [-0.2, 0) is 12.0 Å². The first-order valence-corrected chi connectivity index (χ1v) is 6.75. The number of nitrogens with two attached hydrogens (primary N) is 1. The standard InChI is InChI=1S/C13H16N8O/c1-13(2)7-21(20-18-8-17-14)6-9-10(19-22-11(9)13)12-15-4-3-5-16-12/h3-5,8H,6-7,14H2,1-2H3. The lowest BCUT2D eigenvalue weighted by molar-refractivity contribution is 0.163. The van der Waals surface area contributed by atoms with Gasteiger partial charge in [0.1, 0.15) is 5.76 Å². The van der Waals surface area contributed by atoms with Crippen LogP contribution in [0.5, 0.6) is 0 Å². The highest BCUT2D eigenvalue weighted by molar-refractivity contribution is 5.56. The minimum absolute atomic E-state index is 0.257. The molecule has 9 heteroatoms. The Morgan fingerprint density at radius 3 is 2.86 bits per heavy atom. The Morgan fingerprint density at radius 2 is 2.14 bits per heavy atom. The summed E-state index contributed by atoms with van der Waals surface area (Å²) in [5, 5.41) is 17.1. The fraction of sp³-hybridized carbons (Fsp3) is 0.385. The van der Waals surface area contributed by atoms with Crippen molar-refractivity contribution >= 4 is 6.34 Å². The molecule has 22 heavy (non-hydrogen) atoms. The van der Waals surface area contributed by atoms with Crippen molar-refractivity contribution in [2.24, 2.45) is 21.3 Å². The normalized spacial score (nSPS) is 17.3. The number of rotatable bonds is 3. The Bertz CT molecular complexity index is 706. The third-order valence-electron chi connectivity index (χ3n) is 3.40. The molecule has 2 aromatic heterocycles. The molecule has 3 rings (SSSR count). The van der Waals surface area contributed by atoms with Crippen molar-refractivity contribution in [3.05, 3.63) is 29.8 Å². The highest BCUT2D eigenvalue weighted by Crippen LogP contribution is 2.37. The Labute approximate surface area is 126 Å². The van der Waals surface area contributed by atoms with Crippen molar-refractivity contribution in [3.8, 4) is 11.5 Å². The predicted octanol–water partition coefficient (Wildman–Crippen LogP) is 1.49. The van der Waals surface area contributed by atoms with E-state index in [1.807, 2.05) is 5.01 Å². The highest BCUT2D eigenvalue weighted by atomic mass is 16.5. The molecular formula is C13H16N8O. The van der Waals surface area contributed by atoms with Crippen LogP contribution in [0.25, 0.3) is 11.5 Å². The maximum absolute atomic E-state index is 5.56. The molecule has 0 amide bonds. The second-order valence-corrected chi connectivity index (χ2v) is 5.59. The zero-order chi connectivity index (χ0) is 15.6. The number of fused-ring (bicyclic) bond motifs is 1. The van der Waals surface area contributed by atoms with Crippen molar-refractivity contribution < 1.29 is 4.52 Å². The fourth-order valence-electron chi connectivity index (χ4n) is 2.54. The molecular weight excluding hydrogens is 284 g/mol. The van der Waals surface area contributed by atoms with E-state index in [2.05, 4.69) is 44.4 Å². The molecule has 2 N–H and O–H groups in total. The highest BCUT2D eigenvalue weighted by Gasteiger charge is 2.38. The molecule has 0 bridgehead atoms. The van der Waals surface area contributed by atoms with Crippen LogP contribution in [0.15, 0.2) is 38.4 Å². The van der Waals surface area contributed by atoms with Gasteiger partial charge < -0.3 is 10.4 Å². The van der Waals surface area contributed by atoms with Crippen molar-refractivity contribution in [1.29, 1.82) is 0 Å². The maximum atomic E-state index is 5.56. The quantitative estimate of drug-likeness (QED) is 0.301. The Kier molecular flexibility index (Phi) is 3.53. The first-order valence-electron chi connectivity index (χ1n) is 6.75. The molecule has 0 saturated carbocycles. The molecule has 0 spiro atoms. The summed E-state index contributed by atoms with van der Waals surface area (Å²) in [6.45, 7) is 5.28. The summed E-state index contributed by atoms with van der Waals surface area (Å²) in [5.74, 6) is 6.37. The molecule has 0 unspecified atom stereocenters. The van der Waals surface area contributed by atoms with Gasteiger partial charge in [0.05, 0.1) is 13.1 Å². The van der Waals surface area contributed by atoms with Gasteiger partial charge in [0.2, 0.25) is 0 Å². The Balaban J connectivity index is 1.99. The molecule has 9 nitrogen and oxygen atoms in total. The number of hydrogen-bond acceptors (Lipinski definition) is 7. The molecule has 2 aromatic rings. The van der Waals surface area contributed by atoms with Crippen LogP contribution in [0.1, 0.15) is 25.2 Å². The molecule has 0 radical (unpaired) electrons. The molecule has 3 heterocycles. The zero-order valence-electron chi connectivity index (χ0n) is 12.3. The maximum Gasteiger partial charge on any atom is 0.182 e. The minimum atomic E-state index is -0.257. The lowest BCUT2D eigenvalue weighted by Gasteiger charge is -2.33. The van der Waals surface area contributed by atoms with E-state index < -0.39 is 0 Å². The fourth-order valence-corrected chi connectivity index (χ4v) is 2.54. The molecule has 0 fully saturated rings. The molecule has 114 valence electrons. The van der Waals surface area contributed by atoms with Gasteiger partial charge in [0.25, 0.3) is 0 Å². The van der Waals surface area contributed by atoms with Gasteiger partial charge >= 0.3 is 0 Å². The average molecular weight is 300 g/mol. The summed E-state index contributed by atoms with van der Waals surface area (Å²) in [4.78, 5) is 8.47. The summed E-state index contributed by atoms with van der Waals surface area (Å²) in [7, 11) is 0. The van der Waals surface area contributed by atoms with Crippen LogP contribution in [0.3, 0.4) is 0 Å². The van der Waals surface area contributed by atoms with E-state index in [-0.39, 0.29) is 5.41 Å². The predicted molar refractivity (Wildman–Crippen MR) is 78.5 cm³/mol. The van der Waals surface area contributed by atoms with Crippen LogP contribution in [0.2, 0.25) is 0 Å². The van der Waals surface area contributed by atoms with Gasteiger partial charge in [-0.3, -0.25) is 5.01 Å². The lowest BCUT2D eigenvalue weighted by Crippen LogP contribution is -2.38. The van der Waals surface area contributed by atoms with Gasteiger partial charge in [-0.1, -0.05) is 24.2 Å². The van der Waals surface area contributed by atoms with Gasteiger partial charge in [-0.15, -0.1) is 5.11 Å². The molecule has 0 aliphatic carbocycles. The molecule has 0 atom stereocenters. The van der Waals surface area contributed by atoms with E-state index in [0.717, 1.165) is 11.3 Å². The second kappa shape index (κ2) is 5.51. The Hall–Kier alpha value is -2.84. The van der Waals surface area contributed by atoms with Gasteiger partial charge in [-0.05, 0) is 6.07 Å². The Morgan fingerprint density at radius 1 is 1.36 bits per heavy atom. The van der Waals surface area contributed by atoms with E-state index in [9.17, 15) is 0 Å². The monoisotopic (exact) mass is 300 g/mol. The third-order valence-corrected chi connectivity index (χ3v) is 3.40. The summed E-state index contributed by atoms with van der Waals surface area (Å²) in [6.07, 6.45) is 4.54. The van der Waals surface area contributed by atoms with Gasteiger partial charge in [0, 0.05) is 23.4 Å². The van der Waals surface area contributed by atoms with E-state index in [0.29, 0.717) is 24.6 Å². The van der Waals surface area contributed by atoms with Gasteiger partial charge in [-0.2, -0.15) is 5.10 Å². The second-order valence-electron chi connectivity index (χ2n) is 5.59. The lowest BCUT2D eigenvalue weighted by atomic mass is 9.84. The van der Waals surface area contributed by atoms with Gasteiger partial charge in [0.15, 0.2) is 17.9 Å². The van der Waals surface area contributed by atoms with Crippen molar-refractivity contribution in [1.82, 2.24) is 20.1 Å². The number of nitrogens with zero attached hydrogens (tertiary/aromatic N) is 7. The number of aromatic nitrogens is 3. The topological polar surface area (TPSA) is 118 Å². The largest absolute Gasteiger partial charge is 0.360 e. The van der Waals surface area contributed by atoms with E-state index >= 15 is 0 Å². The van der Waals surface area contributed by atoms with Crippen LogP contribution in [0, 0.1) is 0 Å². The molecule has 0 saturated heterocycles. The van der Waals surface area contributed by atoms with E-state index in [1.54, 1.807) is 18.5 Å². The summed E-state index contributed by atoms with van der Waals surface area (Å²) >= 11 is 0. The first-order chi connectivity index (χ1) is 10.6. The zero-order valence-corrected chi connectivity index (χ0v) is 12.3. The summed E-state index contributed by atoms with van der Waals surface area (Å²) in [5.41, 5.74) is 1.30. The van der Waals surface area contributed by atoms with Crippen LogP contribution in [-0.4, -0.2) is 33.0 Å². The van der Waals surface area contributed by atoms with Crippen molar-refractivity contribution in [3.63, 3.8) is 0 Å². The minimum Gasteiger partial charge on any atom is -0.360 e. The SMILES string of the molecule is CC1(C)CN(N=NC=NN)Cc2c(-c3ncccn3)noc21. The first kappa shape index (κ1) is 14.1. The van der Waals surface area contributed by atoms with Crippen LogP contribution in [0.4, 0.5) is 0 Å². The molecule has 1 aliphatic heterocycles. The van der Waals surface area contributed by atoms with Gasteiger partial charge in [-0.25, -0.2) is 9.97 Å². The molecule has 1 aliphatic rings. The van der Waals surface area contributed by atoms with Crippen molar-refractivity contribution in [2.45, 2.75) is 25.8 Å². The van der Waals surface area contributed by atoms with Crippen molar-refractivity contribution in [2.75, 3.05) is 6.54 Å². The average Bonchev–Trinajstić information content (AvgIpc) is 2.93. The van der Waals surface area contributed by atoms with E-state index in [1.165, 1.54) is 6.34 Å². The smallest absolute Gasteiger partial charge is 0.182 e. The number of hydrogen-bond donors (Lipinski definition) is 1. The summed E-state index contributed by atoms with van der Waals surface area (Å²) < 4.78 is 5.56. The van der Waals surface area contributed by atoms with E-state index in [4.69, 9.17) is 10.4 Å². The van der Waals surface area contributed by atoms with Crippen LogP contribution >= 0.6 is 0 Å². The summed E-state index contributed by atoms with van der Waals surface area (Å²) in [6, 6.07) is 1.76. The third kappa shape index (κ3) is 2.52. The van der Waals surface area contributed by atoms with Crippen LogP contribution < -0.4 is 5.84 Å².